The number of alkyl halides is 2. The number of nitrogens with two attached hydrogens (primary N) is 1. The van der Waals surface area contributed by atoms with Crippen molar-refractivity contribution in [2.45, 2.75) is 5.92 Å². The number of benzene rings is 1. The van der Waals surface area contributed by atoms with Gasteiger partial charge in [0.2, 0.25) is 0 Å². The van der Waals surface area contributed by atoms with Crippen molar-refractivity contribution in [1.29, 1.82) is 0 Å². The van der Waals surface area contributed by atoms with Crippen molar-refractivity contribution in [1.82, 2.24) is 0 Å². The molecule has 1 rings (SSSR count). The number of phenolic OH excluding ortho intramolecular Hbond substituents is 1. The van der Waals surface area contributed by atoms with Crippen LogP contribution in [0.4, 0.5) is 8.78 Å². The van der Waals surface area contributed by atoms with Crippen LogP contribution in [-0.4, -0.2) is 18.8 Å². The SMILES string of the molecule is COc1cccc(C(F)(F)CN)c1O. The fourth-order valence-corrected chi connectivity index (χ4v) is 1.09. The van der Waals surface area contributed by atoms with Gasteiger partial charge in [-0.3, -0.25) is 0 Å². The van der Waals surface area contributed by atoms with Crippen LogP contribution >= 0.6 is 0 Å². The molecule has 78 valence electrons. The zero-order chi connectivity index (χ0) is 10.8. The van der Waals surface area contributed by atoms with E-state index < -0.39 is 23.8 Å². The number of aromatic hydroxyl groups is 1. The van der Waals surface area contributed by atoms with Crippen LogP contribution in [0.2, 0.25) is 0 Å². The molecule has 3 nitrogen and oxygen atoms in total. The molecular formula is C9H11F2NO2. The summed E-state index contributed by atoms with van der Waals surface area (Å²) in [6, 6.07) is 3.88. The Hall–Kier alpha value is -1.36. The van der Waals surface area contributed by atoms with Gasteiger partial charge in [0.25, 0.3) is 5.92 Å². The molecule has 1 aromatic carbocycles. The Bertz CT molecular complexity index is 329. The van der Waals surface area contributed by atoms with E-state index in [9.17, 15) is 13.9 Å². The third-order valence-electron chi connectivity index (χ3n) is 1.87. The lowest BCUT2D eigenvalue weighted by Gasteiger charge is -2.16. The molecule has 3 N–H and O–H groups in total. The molecule has 0 atom stereocenters. The van der Waals surface area contributed by atoms with Crippen molar-refractivity contribution in [3.63, 3.8) is 0 Å². The highest BCUT2D eigenvalue weighted by molar-refractivity contribution is 5.47. The maximum Gasteiger partial charge on any atom is 0.288 e. The van der Waals surface area contributed by atoms with E-state index in [0.717, 1.165) is 6.07 Å². The predicted molar refractivity (Wildman–Crippen MR) is 47.6 cm³/mol. The van der Waals surface area contributed by atoms with E-state index in [1.807, 2.05) is 0 Å². The molecule has 0 heterocycles. The molecule has 1 aromatic rings. The number of methoxy groups -OCH3 is 1. The molecule has 0 saturated heterocycles. The summed E-state index contributed by atoms with van der Waals surface area (Å²) < 4.78 is 30.9. The van der Waals surface area contributed by atoms with Crippen LogP contribution in [0.3, 0.4) is 0 Å². The first kappa shape index (κ1) is 10.7. The molecular weight excluding hydrogens is 192 g/mol. The second-order valence-corrected chi connectivity index (χ2v) is 2.77. The first-order valence-corrected chi connectivity index (χ1v) is 3.97. The zero-order valence-electron chi connectivity index (χ0n) is 7.63. The average Bonchev–Trinajstić information content (AvgIpc) is 2.18. The van der Waals surface area contributed by atoms with Crippen molar-refractivity contribution in [3.05, 3.63) is 23.8 Å². The standard InChI is InChI=1S/C9H11F2NO2/c1-14-7-4-2-3-6(8(7)13)9(10,11)5-12/h2-4,13H,5,12H2,1H3. The molecule has 0 amide bonds. The van der Waals surface area contributed by atoms with E-state index in [2.05, 4.69) is 0 Å². The molecule has 0 saturated carbocycles. The van der Waals surface area contributed by atoms with Crippen LogP contribution in [-0.2, 0) is 5.92 Å². The number of para-hydroxylation sites is 1. The first-order valence-electron chi connectivity index (χ1n) is 3.97. The number of halogens is 2. The predicted octanol–water partition coefficient (Wildman–Crippen LogP) is 1.45. The van der Waals surface area contributed by atoms with Gasteiger partial charge >= 0.3 is 0 Å². The number of rotatable bonds is 3. The Kier molecular flexibility index (Phi) is 2.90. The van der Waals surface area contributed by atoms with Gasteiger partial charge in [-0.25, -0.2) is 0 Å². The molecule has 0 aliphatic carbocycles. The van der Waals surface area contributed by atoms with E-state index in [0.29, 0.717) is 0 Å². The Morgan fingerprint density at radius 1 is 1.50 bits per heavy atom. The van der Waals surface area contributed by atoms with Crippen molar-refractivity contribution >= 4 is 0 Å². The highest BCUT2D eigenvalue weighted by atomic mass is 19.3. The lowest BCUT2D eigenvalue weighted by molar-refractivity contribution is 0.00345. The second kappa shape index (κ2) is 3.79. The van der Waals surface area contributed by atoms with Crippen molar-refractivity contribution < 1.29 is 18.6 Å². The van der Waals surface area contributed by atoms with E-state index in [4.69, 9.17) is 10.5 Å². The van der Waals surface area contributed by atoms with Gasteiger partial charge in [0, 0.05) is 0 Å². The summed E-state index contributed by atoms with van der Waals surface area (Å²) in [4.78, 5) is 0. The van der Waals surface area contributed by atoms with Gasteiger partial charge < -0.3 is 15.6 Å². The van der Waals surface area contributed by atoms with Gasteiger partial charge in [-0.05, 0) is 12.1 Å². The number of hydrogen-bond acceptors (Lipinski definition) is 3. The summed E-state index contributed by atoms with van der Waals surface area (Å²) in [6.07, 6.45) is 0. The smallest absolute Gasteiger partial charge is 0.288 e. The lowest BCUT2D eigenvalue weighted by Crippen LogP contribution is -2.25. The third-order valence-corrected chi connectivity index (χ3v) is 1.87. The first-order chi connectivity index (χ1) is 6.53. The lowest BCUT2D eigenvalue weighted by atomic mass is 10.1. The molecule has 0 radical (unpaired) electrons. The molecule has 0 aliphatic rings. The highest BCUT2D eigenvalue weighted by Gasteiger charge is 2.33. The van der Waals surface area contributed by atoms with E-state index in [-0.39, 0.29) is 5.75 Å². The van der Waals surface area contributed by atoms with E-state index in [1.54, 1.807) is 0 Å². The molecule has 14 heavy (non-hydrogen) atoms. The van der Waals surface area contributed by atoms with Crippen LogP contribution in [0.15, 0.2) is 18.2 Å². The Labute approximate surface area is 80.1 Å². The molecule has 0 aromatic heterocycles. The summed E-state index contributed by atoms with van der Waals surface area (Å²) in [5.74, 6) is -3.79. The summed E-state index contributed by atoms with van der Waals surface area (Å²) >= 11 is 0. The largest absolute Gasteiger partial charge is 0.504 e. The van der Waals surface area contributed by atoms with E-state index >= 15 is 0 Å². The number of ether oxygens (including phenoxy) is 1. The van der Waals surface area contributed by atoms with Crippen LogP contribution in [0, 0.1) is 0 Å². The summed E-state index contributed by atoms with van der Waals surface area (Å²) in [5, 5.41) is 9.39. The molecule has 0 fully saturated rings. The molecule has 5 heteroatoms. The van der Waals surface area contributed by atoms with Crippen LogP contribution in [0.5, 0.6) is 11.5 Å². The molecule has 0 unspecified atom stereocenters. The van der Waals surface area contributed by atoms with Crippen molar-refractivity contribution in [2.24, 2.45) is 5.73 Å². The quantitative estimate of drug-likeness (QED) is 0.781. The molecule has 0 spiro atoms. The fourth-order valence-electron chi connectivity index (χ4n) is 1.09. The maximum atomic E-state index is 13.1. The zero-order valence-corrected chi connectivity index (χ0v) is 7.63. The third kappa shape index (κ3) is 1.77. The Balaban J connectivity index is 3.22. The minimum atomic E-state index is -3.24. The van der Waals surface area contributed by atoms with Crippen LogP contribution in [0.1, 0.15) is 5.56 Å². The maximum absolute atomic E-state index is 13.1. The van der Waals surface area contributed by atoms with Crippen molar-refractivity contribution in [3.8, 4) is 11.5 Å². The van der Waals surface area contributed by atoms with Gasteiger partial charge in [-0.2, -0.15) is 8.78 Å². The monoisotopic (exact) mass is 203 g/mol. The summed E-state index contributed by atoms with van der Waals surface area (Å²) in [7, 11) is 1.29. The minimum Gasteiger partial charge on any atom is -0.504 e. The van der Waals surface area contributed by atoms with E-state index in [1.165, 1.54) is 19.2 Å². The van der Waals surface area contributed by atoms with Crippen LogP contribution < -0.4 is 10.5 Å². The summed E-state index contributed by atoms with van der Waals surface area (Å²) in [5.41, 5.74) is 4.38. The fraction of sp³-hybridized carbons (Fsp3) is 0.333. The molecule has 0 bridgehead atoms. The minimum absolute atomic E-state index is 0.00984. The Morgan fingerprint density at radius 2 is 2.14 bits per heavy atom. The number of hydrogen-bond donors (Lipinski definition) is 2. The number of phenols is 1. The van der Waals surface area contributed by atoms with Gasteiger partial charge in [0.15, 0.2) is 11.5 Å². The topological polar surface area (TPSA) is 55.5 Å². The Morgan fingerprint density at radius 3 is 2.64 bits per heavy atom. The highest BCUT2D eigenvalue weighted by Crippen LogP contribution is 2.38. The molecule has 0 aliphatic heterocycles. The van der Waals surface area contributed by atoms with Gasteiger partial charge in [0.05, 0.1) is 19.2 Å². The van der Waals surface area contributed by atoms with Gasteiger partial charge in [-0.1, -0.05) is 6.07 Å². The van der Waals surface area contributed by atoms with Gasteiger partial charge in [-0.15, -0.1) is 0 Å². The van der Waals surface area contributed by atoms with Crippen molar-refractivity contribution in [2.75, 3.05) is 13.7 Å². The summed E-state index contributed by atoms with van der Waals surface area (Å²) in [6.45, 7) is -0.853. The van der Waals surface area contributed by atoms with Crippen LogP contribution in [0.25, 0.3) is 0 Å². The second-order valence-electron chi connectivity index (χ2n) is 2.77. The van der Waals surface area contributed by atoms with Gasteiger partial charge in [0.1, 0.15) is 0 Å². The average molecular weight is 203 g/mol. The normalized spacial score (nSPS) is 11.4.